The molecule has 2 heterocycles. The Labute approximate surface area is 243 Å². The number of carbonyl (C=O) groups is 2. The smallest absolute Gasteiger partial charge is 0.407 e. The van der Waals surface area contributed by atoms with E-state index in [2.05, 4.69) is 20.8 Å². The predicted molar refractivity (Wildman–Crippen MR) is 161 cm³/mol. The molecule has 11 nitrogen and oxygen atoms in total. The molecule has 12 heteroatoms. The molecule has 0 saturated heterocycles. The predicted octanol–water partition coefficient (Wildman–Crippen LogP) is 4.67. The SMILES string of the molecule is COCCOc1ccc2c(c1)nc(NCCCCCC(=O)[C@@H](NC(=O)OCC(C)C)C(C)C)c1nnc(C)n12.S. The lowest BCUT2D eigenvalue weighted by Crippen LogP contribution is -2.44. The molecule has 0 saturated carbocycles. The number of ether oxygens (including phenoxy) is 3. The molecule has 0 fully saturated rings. The number of ketones is 1. The Hall–Kier alpha value is -3.12. The third-order valence-electron chi connectivity index (χ3n) is 6.24. The number of nitrogens with zero attached hydrogens (tertiary/aromatic N) is 4. The van der Waals surface area contributed by atoms with Gasteiger partial charge in [-0.05, 0) is 43.7 Å². The number of alkyl carbamates (subject to hydrolysis) is 1. The fraction of sp³-hybridized carbons (Fsp3) is 0.607. The molecule has 0 aliphatic carbocycles. The minimum absolute atomic E-state index is 0. The van der Waals surface area contributed by atoms with Crippen LogP contribution in [-0.2, 0) is 14.3 Å². The van der Waals surface area contributed by atoms with Crippen LogP contribution in [0.25, 0.3) is 16.7 Å². The summed E-state index contributed by atoms with van der Waals surface area (Å²) in [4.78, 5) is 29.6. The fourth-order valence-electron chi connectivity index (χ4n) is 4.20. The molecule has 0 spiro atoms. The third-order valence-corrected chi connectivity index (χ3v) is 6.24. The van der Waals surface area contributed by atoms with E-state index in [1.54, 1.807) is 7.11 Å². The van der Waals surface area contributed by atoms with E-state index in [0.717, 1.165) is 41.9 Å². The highest BCUT2D eigenvalue weighted by molar-refractivity contribution is 7.59. The van der Waals surface area contributed by atoms with E-state index in [1.165, 1.54) is 0 Å². The maximum absolute atomic E-state index is 12.8. The zero-order chi connectivity index (χ0) is 28.4. The number of fused-ring (bicyclic) bond motifs is 3. The van der Waals surface area contributed by atoms with Gasteiger partial charge in [0.15, 0.2) is 11.6 Å². The molecule has 2 aromatic heterocycles. The van der Waals surface area contributed by atoms with Crippen molar-refractivity contribution < 1.29 is 23.8 Å². The van der Waals surface area contributed by atoms with E-state index < -0.39 is 12.1 Å². The Morgan fingerprint density at radius 2 is 1.82 bits per heavy atom. The molecule has 2 N–H and O–H groups in total. The fourth-order valence-corrected chi connectivity index (χ4v) is 4.20. The zero-order valence-electron chi connectivity index (χ0n) is 24.5. The zero-order valence-corrected chi connectivity index (χ0v) is 25.5. The van der Waals surface area contributed by atoms with Gasteiger partial charge >= 0.3 is 6.09 Å². The van der Waals surface area contributed by atoms with Gasteiger partial charge in [0.05, 0.1) is 30.3 Å². The van der Waals surface area contributed by atoms with Crippen molar-refractivity contribution in [1.82, 2.24) is 24.9 Å². The number of benzene rings is 1. The summed E-state index contributed by atoms with van der Waals surface area (Å²) >= 11 is 0. The van der Waals surface area contributed by atoms with Gasteiger partial charge in [-0.1, -0.05) is 34.1 Å². The lowest BCUT2D eigenvalue weighted by atomic mass is 9.96. The quantitative estimate of drug-likeness (QED) is 0.234. The molecule has 1 amide bonds. The third kappa shape index (κ3) is 9.22. The van der Waals surface area contributed by atoms with Crippen molar-refractivity contribution in [2.24, 2.45) is 11.8 Å². The van der Waals surface area contributed by atoms with Crippen molar-refractivity contribution in [2.75, 3.05) is 38.8 Å². The average Bonchev–Trinajstić information content (AvgIpc) is 3.29. The number of methoxy groups -OCH3 is 1. The number of hydrogen-bond acceptors (Lipinski definition) is 9. The van der Waals surface area contributed by atoms with E-state index in [-0.39, 0.29) is 31.1 Å². The molecule has 1 aromatic carbocycles. The van der Waals surface area contributed by atoms with Gasteiger partial charge in [-0.25, -0.2) is 9.78 Å². The van der Waals surface area contributed by atoms with Crippen molar-refractivity contribution in [3.8, 4) is 5.75 Å². The molecule has 3 rings (SSSR count). The van der Waals surface area contributed by atoms with Crippen LogP contribution < -0.4 is 15.4 Å². The minimum Gasteiger partial charge on any atom is -0.491 e. The Morgan fingerprint density at radius 1 is 1.05 bits per heavy atom. The number of unbranched alkanes of at least 4 members (excludes halogenated alkanes) is 2. The van der Waals surface area contributed by atoms with Crippen molar-refractivity contribution >= 4 is 47.9 Å². The molecule has 0 aliphatic rings. The Bertz CT molecular complexity index is 1250. The number of anilines is 1. The molecular weight excluding hydrogens is 532 g/mol. The van der Waals surface area contributed by atoms with E-state index >= 15 is 0 Å². The number of nitrogens with one attached hydrogen (secondary N) is 2. The normalized spacial score (nSPS) is 12.0. The molecule has 1 atom stereocenters. The van der Waals surface area contributed by atoms with Gasteiger partial charge in [0, 0.05) is 26.1 Å². The van der Waals surface area contributed by atoms with E-state index in [1.807, 2.05) is 57.2 Å². The summed E-state index contributed by atoms with van der Waals surface area (Å²) < 4.78 is 18.0. The molecule has 40 heavy (non-hydrogen) atoms. The van der Waals surface area contributed by atoms with E-state index in [0.29, 0.717) is 44.3 Å². The molecule has 0 radical (unpaired) electrons. The van der Waals surface area contributed by atoms with Gasteiger partial charge in [-0.3, -0.25) is 9.20 Å². The second-order valence-electron chi connectivity index (χ2n) is 10.4. The first-order valence-corrected chi connectivity index (χ1v) is 13.7. The standard InChI is InChI=1S/C28H42N6O5.H2S/c1-18(2)17-39-28(36)31-25(19(3)4)24(35)10-8-7-9-13-29-26-27-33-32-20(5)34(27)23-12-11-21(16-22(23)30-26)38-15-14-37-6;/h11-12,16,18-19,25H,7-10,13-15,17H2,1-6H3,(H,29,30)(H,31,36);1H2/t25-;/m0./s1. The van der Waals surface area contributed by atoms with Crippen LogP contribution in [0.4, 0.5) is 10.6 Å². The minimum atomic E-state index is -0.544. The maximum Gasteiger partial charge on any atom is 0.407 e. The van der Waals surface area contributed by atoms with Crippen molar-refractivity contribution in [3.05, 3.63) is 24.0 Å². The summed E-state index contributed by atoms with van der Waals surface area (Å²) in [6.07, 6.45) is 2.31. The van der Waals surface area contributed by atoms with Crippen molar-refractivity contribution in [2.45, 2.75) is 66.3 Å². The van der Waals surface area contributed by atoms with Gasteiger partial charge in [0.2, 0.25) is 5.65 Å². The number of hydrogen-bond donors (Lipinski definition) is 2. The van der Waals surface area contributed by atoms with Gasteiger partial charge < -0.3 is 24.8 Å². The van der Waals surface area contributed by atoms with Crippen LogP contribution in [0.2, 0.25) is 0 Å². The highest BCUT2D eigenvalue weighted by Crippen LogP contribution is 2.25. The number of amides is 1. The molecule has 0 unspecified atom stereocenters. The van der Waals surface area contributed by atoms with Crippen LogP contribution >= 0.6 is 13.5 Å². The average molecular weight is 577 g/mol. The van der Waals surface area contributed by atoms with Gasteiger partial charge in [0.1, 0.15) is 18.2 Å². The molecule has 3 aromatic rings. The molecule has 222 valence electrons. The van der Waals surface area contributed by atoms with Crippen LogP contribution in [0.1, 0.15) is 59.2 Å². The van der Waals surface area contributed by atoms with Gasteiger partial charge in [-0.2, -0.15) is 13.5 Å². The number of rotatable bonds is 16. The van der Waals surface area contributed by atoms with E-state index in [9.17, 15) is 9.59 Å². The Kier molecular flexibility index (Phi) is 13.4. The summed E-state index contributed by atoms with van der Waals surface area (Å²) in [6.45, 7) is 11.7. The summed E-state index contributed by atoms with van der Waals surface area (Å²) in [7, 11) is 1.64. The first kappa shape index (κ1) is 33.1. The maximum atomic E-state index is 12.8. The number of carbonyl (C=O) groups excluding carboxylic acids is 2. The van der Waals surface area contributed by atoms with Crippen LogP contribution in [0.3, 0.4) is 0 Å². The summed E-state index contributed by atoms with van der Waals surface area (Å²) in [5, 5.41) is 14.7. The van der Waals surface area contributed by atoms with Gasteiger partial charge in [0.25, 0.3) is 0 Å². The van der Waals surface area contributed by atoms with Crippen LogP contribution in [-0.4, -0.2) is 71.0 Å². The van der Waals surface area contributed by atoms with Crippen LogP contribution in [0, 0.1) is 18.8 Å². The first-order valence-electron chi connectivity index (χ1n) is 13.7. The summed E-state index contributed by atoms with van der Waals surface area (Å²) in [5.74, 6) is 2.40. The monoisotopic (exact) mass is 576 g/mol. The molecule has 0 bridgehead atoms. The summed E-state index contributed by atoms with van der Waals surface area (Å²) in [5.41, 5.74) is 2.34. The van der Waals surface area contributed by atoms with Gasteiger partial charge in [-0.15, -0.1) is 10.2 Å². The Balaban J connectivity index is 0.00000560. The lowest BCUT2D eigenvalue weighted by Gasteiger charge is -2.21. The highest BCUT2D eigenvalue weighted by atomic mass is 32.1. The number of aryl methyl sites for hydroxylation is 1. The van der Waals surface area contributed by atoms with Crippen molar-refractivity contribution in [1.29, 1.82) is 0 Å². The number of Topliss-reactive ketones (excluding diaryl/α,β-unsaturated/α-hetero) is 1. The molecule has 0 aliphatic heterocycles. The van der Waals surface area contributed by atoms with Crippen molar-refractivity contribution in [3.63, 3.8) is 0 Å². The summed E-state index contributed by atoms with van der Waals surface area (Å²) in [6, 6.07) is 5.22. The van der Waals surface area contributed by atoms with Crippen LogP contribution in [0.5, 0.6) is 5.75 Å². The first-order chi connectivity index (χ1) is 18.7. The topological polar surface area (TPSA) is 129 Å². The largest absolute Gasteiger partial charge is 0.491 e. The Morgan fingerprint density at radius 3 is 2.52 bits per heavy atom. The molecular formula is C28H44N6O5S. The second-order valence-corrected chi connectivity index (χ2v) is 10.4. The second kappa shape index (κ2) is 16.2. The highest BCUT2D eigenvalue weighted by Gasteiger charge is 2.24. The van der Waals surface area contributed by atoms with E-state index in [4.69, 9.17) is 19.2 Å². The van der Waals surface area contributed by atoms with Crippen LogP contribution in [0.15, 0.2) is 18.2 Å². The number of aromatic nitrogens is 4. The lowest BCUT2D eigenvalue weighted by molar-refractivity contribution is -0.122.